The van der Waals surface area contributed by atoms with Crippen molar-refractivity contribution in [3.63, 3.8) is 0 Å². The first-order valence-electron chi connectivity index (χ1n) is 9.95. The van der Waals surface area contributed by atoms with Crippen molar-refractivity contribution in [2.75, 3.05) is 14.2 Å². The molecular formula is C24H20F3N3O3. The fraction of sp³-hybridized carbons (Fsp3) is 0.167. The smallest absolute Gasteiger partial charge is 0.449 e. The van der Waals surface area contributed by atoms with E-state index in [-0.39, 0.29) is 16.6 Å². The molecule has 1 aromatic heterocycles. The lowest BCUT2D eigenvalue weighted by molar-refractivity contribution is -0.144. The van der Waals surface area contributed by atoms with Gasteiger partial charge in [-0.3, -0.25) is 4.79 Å². The quantitative estimate of drug-likeness (QED) is 0.423. The number of aromatic nitrogens is 2. The van der Waals surface area contributed by atoms with Crippen LogP contribution in [-0.2, 0) is 6.18 Å². The number of alkyl halides is 3. The average Bonchev–Trinajstić information content (AvgIpc) is 3.26. The summed E-state index contributed by atoms with van der Waals surface area (Å²) in [4.78, 5) is 19.2. The van der Waals surface area contributed by atoms with Gasteiger partial charge in [0, 0.05) is 0 Å². The Morgan fingerprint density at radius 3 is 2.39 bits per heavy atom. The topological polar surface area (TPSA) is 76.2 Å². The van der Waals surface area contributed by atoms with Crippen molar-refractivity contribution in [3.05, 3.63) is 89.2 Å². The summed E-state index contributed by atoms with van der Waals surface area (Å²) in [7, 11) is 2.95. The standard InChI is InChI=1S/C24H20F3N3O3/c1-32-16-9-11-20(33-2)17(13-16)22(31)30-21(14-6-4-3-5-7-14)15-8-10-18-19(12-15)29-23(28-18)24(25,26)27/h3-13,21H,1-2H3,(H,28,29)(H,30,31). The molecule has 1 amide bonds. The molecule has 0 aliphatic rings. The molecule has 2 N–H and O–H groups in total. The van der Waals surface area contributed by atoms with Crippen LogP contribution in [0, 0.1) is 0 Å². The highest BCUT2D eigenvalue weighted by Gasteiger charge is 2.34. The first-order chi connectivity index (χ1) is 15.8. The van der Waals surface area contributed by atoms with Crippen molar-refractivity contribution in [3.8, 4) is 11.5 Å². The summed E-state index contributed by atoms with van der Waals surface area (Å²) < 4.78 is 49.7. The van der Waals surface area contributed by atoms with E-state index in [1.54, 1.807) is 30.3 Å². The number of aromatic amines is 1. The molecule has 1 heterocycles. The van der Waals surface area contributed by atoms with E-state index >= 15 is 0 Å². The van der Waals surface area contributed by atoms with Crippen LogP contribution in [-0.4, -0.2) is 30.1 Å². The Morgan fingerprint density at radius 1 is 0.970 bits per heavy atom. The fourth-order valence-corrected chi connectivity index (χ4v) is 3.55. The Labute approximate surface area is 187 Å². The van der Waals surface area contributed by atoms with E-state index in [0.29, 0.717) is 17.1 Å². The first kappa shape index (κ1) is 22.2. The Bertz CT molecular complexity index is 1290. The van der Waals surface area contributed by atoms with Crippen LogP contribution in [0.5, 0.6) is 11.5 Å². The van der Waals surface area contributed by atoms with Crippen molar-refractivity contribution in [2.45, 2.75) is 12.2 Å². The molecule has 0 saturated heterocycles. The lowest BCUT2D eigenvalue weighted by Gasteiger charge is -2.21. The summed E-state index contributed by atoms with van der Waals surface area (Å²) in [6.07, 6.45) is -4.59. The SMILES string of the molecule is COc1ccc(OC)c(C(=O)NC(c2ccccc2)c2ccc3nc(C(F)(F)F)[nH]c3c2)c1. The number of H-pyrrole nitrogens is 1. The average molecular weight is 455 g/mol. The molecule has 6 nitrogen and oxygen atoms in total. The fourth-order valence-electron chi connectivity index (χ4n) is 3.55. The minimum absolute atomic E-state index is 0.179. The van der Waals surface area contributed by atoms with Crippen LogP contribution in [0.1, 0.15) is 33.4 Å². The van der Waals surface area contributed by atoms with Gasteiger partial charge in [0.25, 0.3) is 5.91 Å². The van der Waals surface area contributed by atoms with Crippen LogP contribution in [0.3, 0.4) is 0 Å². The number of carbonyl (C=O) groups is 1. The molecule has 0 saturated carbocycles. The number of nitrogens with one attached hydrogen (secondary N) is 2. The van der Waals surface area contributed by atoms with Crippen molar-refractivity contribution < 1.29 is 27.4 Å². The van der Waals surface area contributed by atoms with Gasteiger partial charge in [0.05, 0.1) is 36.9 Å². The molecule has 0 aliphatic carbocycles. The van der Waals surface area contributed by atoms with Gasteiger partial charge in [-0.05, 0) is 41.5 Å². The maximum Gasteiger partial charge on any atom is 0.449 e. The van der Waals surface area contributed by atoms with Crippen LogP contribution >= 0.6 is 0 Å². The van der Waals surface area contributed by atoms with E-state index in [2.05, 4.69) is 15.3 Å². The third kappa shape index (κ3) is 4.62. The molecule has 4 aromatic rings. The number of fused-ring (bicyclic) bond motifs is 1. The second kappa shape index (κ2) is 8.85. The van der Waals surface area contributed by atoms with Crippen LogP contribution in [0.4, 0.5) is 13.2 Å². The minimum Gasteiger partial charge on any atom is -0.497 e. The lowest BCUT2D eigenvalue weighted by atomic mass is 9.97. The van der Waals surface area contributed by atoms with Crippen molar-refractivity contribution in [1.82, 2.24) is 15.3 Å². The van der Waals surface area contributed by atoms with Crippen molar-refractivity contribution in [1.29, 1.82) is 0 Å². The van der Waals surface area contributed by atoms with Gasteiger partial charge in [0.2, 0.25) is 5.82 Å². The Morgan fingerprint density at radius 2 is 1.73 bits per heavy atom. The number of halogens is 3. The van der Waals surface area contributed by atoms with Gasteiger partial charge in [-0.2, -0.15) is 13.2 Å². The molecule has 170 valence electrons. The number of hydrogen-bond acceptors (Lipinski definition) is 4. The van der Waals surface area contributed by atoms with Gasteiger partial charge >= 0.3 is 6.18 Å². The zero-order valence-electron chi connectivity index (χ0n) is 17.7. The summed E-state index contributed by atoms with van der Waals surface area (Å²) in [5.74, 6) is -0.661. The van der Waals surface area contributed by atoms with Crippen LogP contribution in [0.15, 0.2) is 66.7 Å². The zero-order chi connectivity index (χ0) is 23.6. The van der Waals surface area contributed by atoms with Gasteiger partial charge in [-0.25, -0.2) is 4.98 Å². The van der Waals surface area contributed by atoms with Gasteiger partial charge < -0.3 is 19.8 Å². The second-order valence-electron chi connectivity index (χ2n) is 7.24. The molecule has 1 unspecified atom stereocenters. The van der Waals surface area contributed by atoms with Crippen LogP contribution in [0.25, 0.3) is 11.0 Å². The number of methoxy groups -OCH3 is 2. The zero-order valence-corrected chi connectivity index (χ0v) is 17.7. The molecular weight excluding hydrogens is 435 g/mol. The van der Waals surface area contributed by atoms with E-state index in [0.717, 1.165) is 5.56 Å². The summed E-state index contributed by atoms with van der Waals surface area (Å²) >= 11 is 0. The predicted molar refractivity (Wildman–Crippen MR) is 116 cm³/mol. The molecule has 1 atom stereocenters. The van der Waals surface area contributed by atoms with E-state index in [9.17, 15) is 18.0 Å². The largest absolute Gasteiger partial charge is 0.497 e. The number of nitrogens with zero attached hydrogens (tertiary/aromatic N) is 1. The second-order valence-corrected chi connectivity index (χ2v) is 7.24. The van der Waals surface area contributed by atoms with E-state index in [1.807, 2.05) is 30.3 Å². The lowest BCUT2D eigenvalue weighted by Crippen LogP contribution is -2.29. The Balaban J connectivity index is 1.75. The molecule has 9 heteroatoms. The number of rotatable bonds is 6. The van der Waals surface area contributed by atoms with E-state index in [4.69, 9.17) is 9.47 Å². The molecule has 33 heavy (non-hydrogen) atoms. The maximum absolute atomic E-state index is 13.2. The van der Waals surface area contributed by atoms with Crippen LogP contribution < -0.4 is 14.8 Å². The van der Waals surface area contributed by atoms with Crippen LogP contribution in [0.2, 0.25) is 0 Å². The number of hydrogen-bond donors (Lipinski definition) is 2. The molecule has 0 bridgehead atoms. The number of imidazole rings is 1. The summed E-state index contributed by atoms with van der Waals surface area (Å²) in [6, 6.07) is 18.0. The van der Waals surface area contributed by atoms with Crippen molar-refractivity contribution >= 4 is 16.9 Å². The number of amides is 1. The van der Waals surface area contributed by atoms with E-state index < -0.39 is 23.9 Å². The summed E-state index contributed by atoms with van der Waals surface area (Å²) in [6.45, 7) is 0. The molecule has 0 aliphatic heterocycles. The predicted octanol–water partition coefficient (Wildman–Crippen LogP) is 5.12. The normalized spacial score (nSPS) is 12.4. The van der Waals surface area contributed by atoms with Gasteiger partial charge in [0.1, 0.15) is 11.5 Å². The van der Waals surface area contributed by atoms with Crippen molar-refractivity contribution in [2.24, 2.45) is 0 Å². The molecule has 0 fully saturated rings. The van der Waals surface area contributed by atoms with Gasteiger partial charge in [0.15, 0.2) is 0 Å². The van der Waals surface area contributed by atoms with E-state index in [1.165, 1.54) is 20.3 Å². The summed E-state index contributed by atoms with van der Waals surface area (Å²) in [5.41, 5.74) is 2.00. The first-order valence-corrected chi connectivity index (χ1v) is 9.95. The maximum atomic E-state index is 13.2. The third-order valence-electron chi connectivity index (χ3n) is 5.17. The Hall–Kier alpha value is -4.01. The highest BCUT2D eigenvalue weighted by Crippen LogP contribution is 2.31. The number of ether oxygens (including phenoxy) is 2. The Kier molecular flexibility index (Phi) is 5.95. The monoisotopic (exact) mass is 455 g/mol. The third-order valence-corrected chi connectivity index (χ3v) is 5.17. The number of carbonyl (C=O) groups excluding carboxylic acids is 1. The minimum atomic E-state index is -4.59. The molecule has 0 radical (unpaired) electrons. The molecule has 3 aromatic carbocycles. The van der Waals surface area contributed by atoms with Gasteiger partial charge in [-0.1, -0.05) is 36.4 Å². The molecule has 4 rings (SSSR count). The highest BCUT2D eigenvalue weighted by molar-refractivity contribution is 5.98. The number of benzene rings is 3. The summed E-state index contributed by atoms with van der Waals surface area (Å²) in [5, 5.41) is 2.96. The van der Waals surface area contributed by atoms with Gasteiger partial charge in [-0.15, -0.1) is 0 Å². The highest BCUT2D eigenvalue weighted by atomic mass is 19.4. The molecule has 0 spiro atoms.